The summed E-state index contributed by atoms with van der Waals surface area (Å²) < 4.78 is 6.47. The number of nitrogens with one attached hydrogen (secondary N) is 1. The van der Waals surface area contributed by atoms with Gasteiger partial charge in [0.25, 0.3) is 0 Å². The summed E-state index contributed by atoms with van der Waals surface area (Å²) in [6.45, 7) is 9.29. The molecule has 0 aromatic carbocycles. The lowest BCUT2D eigenvalue weighted by Crippen LogP contribution is -2.45. The van der Waals surface area contributed by atoms with Crippen LogP contribution in [0.5, 0.6) is 0 Å². The van der Waals surface area contributed by atoms with Crippen LogP contribution in [0.25, 0.3) is 0 Å². The van der Waals surface area contributed by atoms with Gasteiger partial charge >= 0.3 is 0 Å². The van der Waals surface area contributed by atoms with Crippen molar-refractivity contribution in [1.82, 2.24) is 5.32 Å². The summed E-state index contributed by atoms with van der Waals surface area (Å²) in [5.74, 6) is 1.77. The van der Waals surface area contributed by atoms with Gasteiger partial charge in [-0.1, -0.05) is 33.6 Å². The van der Waals surface area contributed by atoms with Crippen LogP contribution in [0.2, 0.25) is 0 Å². The van der Waals surface area contributed by atoms with E-state index in [1.807, 2.05) is 6.07 Å². The highest BCUT2D eigenvalue weighted by Gasteiger charge is 2.34. The lowest BCUT2D eigenvalue weighted by atomic mass is 9.69. The SMILES string of the molecule is CC(NC1CCCCC1C(C)(C)C)c1ccc(Br)o1. The smallest absolute Gasteiger partial charge is 0.169 e. The van der Waals surface area contributed by atoms with Crippen molar-refractivity contribution in [3.05, 3.63) is 22.6 Å². The summed E-state index contributed by atoms with van der Waals surface area (Å²) in [5.41, 5.74) is 0.377. The summed E-state index contributed by atoms with van der Waals surface area (Å²) >= 11 is 3.37. The van der Waals surface area contributed by atoms with Crippen molar-refractivity contribution in [3.8, 4) is 0 Å². The fourth-order valence-electron chi connectivity index (χ4n) is 3.33. The van der Waals surface area contributed by atoms with E-state index in [-0.39, 0.29) is 6.04 Å². The van der Waals surface area contributed by atoms with Crippen LogP contribution in [0.1, 0.15) is 65.2 Å². The molecule has 0 radical (unpaired) electrons. The van der Waals surface area contributed by atoms with Crippen molar-refractivity contribution < 1.29 is 4.42 Å². The molecule has 108 valence electrons. The number of hydrogen-bond donors (Lipinski definition) is 1. The first kappa shape index (κ1) is 15.1. The van der Waals surface area contributed by atoms with Gasteiger partial charge in [0.1, 0.15) is 5.76 Å². The van der Waals surface area contributed by atoms with Crippen molar-refractivity contribution in [2.75, 3.05) is 0 Å². The lowest BCUT2D eigenvalue weighted by Gasteiger charge is -2.42. The van der Waals surface area contributed by atoms with E-state index in [0.717, 1.165) is 16.3 Å². The molecule has 1 aromatic rings. The molecule has 1 aromatic heterocycles. The Morgan fingerprint density at radius 1 is 1.26 bits per heavy atom. The van der Waals surface area contributed by atoms with E-state index in [0.29, 0.717) is 11.5 Å². The number of halogens is 1. The molecule has 2 rings (SSSR count). The first-order chi connectivity index (χ1) is 8.88. The zero-order chi connectivity index (χ0) is 14.0. The van der Waals surface area contributed by atoms with Gasteiger partial charge in [0, 0.05) is 6.04 Å². The van der Waals surface area contributed by atoms with E-state index in [2.05, 4.69) is 55.0 Å². The highest BCUT2D eigenvalue weighted by molar-refractivity contribution is 9.10. The summed E-state index contributed by atoms with van der Waals surface area (Å²) in [7, 11) is 0. The van der Waals surface area contributed by atoms with E-state index in [9.17, 15) is 0 Å². The Kier molecular flexibility index (Phi) is 4.78. The number of furan rings is 1. The Bertz CT molecular complexity index is 407. The Balaban J connectivity index is 2.03. The highest BCUT2D eigenvalue weighted by atomic mass is 79.9. The van der Waals surface area contributed by atoms with Gasteiger partial charge in [0.05, 0.1) is 6.04 Å². The average Bonchev–Trinajstić information content (AvgIpc) is 2.75. The molecule has 1 N–H and O–H groups in total. The molecule has 3 atom stereocenters. The average molecular weight is 328 g/mol. The Morgan fingerprint density at radius 2 is 1.95 bits per heavy atom. The molecule has 0 amide bonds. The second-order valence-electron chi connectivity index (χ2n) is 6.89. The van der Waals surface area contributed by atoms with E-state index < -0.39 is 0 Å². The molecule has 0 bridgehead atoms. The third-order valence-electron chi connectivity index (χ3n) is 4.36. The molecule has 19 heavy (non-hydrogen) atoms. The minimum Gasteiger partial charge on any atom is -0.453 e. The molecule has 1 fully saturated rings. The van der Waals surface area contributed by atoms with Gasteiger partial charge in [0.2, 0.25) is 0 Å². The summed E-state index contributed by atoms with van der Waals surface area (Å²) in [4.78, 5) is 0. The Morgan fingerprint density at radius 3 is 2.53 bits per heavy atom. The molecule has 3 heteroatoms. The first-order valence-corrected chi connectivity index (χ1v) is 8.18. The van der Waals surface area contributed by atoms with Gasteiger partial charge in [-0.25, -0.2) is 0 Å². The maximum absolute atomic E-state index is 5.66. The molecule has 0 spiro atoms. The predicted octanol–water partition coefficient (Wildman–Crippen LogP) is 5.30. The molecular weight excluding hydrogens is 302 g/mol. The van der Waals surface area contributed by atoms with E-state index in [1.54, 1.807) is 0 Å². The zero-order valence-corrected chi connectivity index (χ0v) is 14.1. The third kappa shape index (κ3) is 3.85. The van der Waals surface area contributed by atoms with Gasteiger partial charge in [0.15, 0.2) is 4.67 Å². The predicted molar refractivity (Wildman–Crippen MR) is 83.2 cm³/mol. The second-order valence-corrected chi connectivity index (χ2v) is 7.68. The molecule has 0 saturated heterocycles. The van der Waals surface area contributed by atoms with Gasteiger partial charge in [-0.15, -0.1) is 0 Å². The summed E-state index contributed by atoms with van der Waals surface area (Å²) in [6.07, 6.45) is 5.35. The van der Waals surface area contributed by atoms with Crippen molar-refractivity contribution in [2.45, 2.75) is 65.5 Å². The topological polar surface area (TPSA) is 25.2 Å². The van der Waals surface area contributed by atoms with Crippen LogP contribution >= 0.6 is 15.9 Å². The van der Waals surface area contributed by atoms with Crippen LogP contribution in [-0.4, -0.2) is 6.04 Å². The molecule has 0 aliphatic heterocycles. The largest absolute Gasteiger partial charge is 0.453 e. The van der Waals surface area contributed by atoms with Gasteiger partial charge in [-0.3, -0.25) is 0 Å². The van der Waals surface area contributed by atoms with Crippen LogP contribution in [-0.2, 0) is 0 Å². The maximum atomic E-state index is 5.66. The molecule has 3 unspecified atom stereocenters. The van der Waals surface area contributed by atoms with E-state index in [1.165, 1.54) is 25.7 Å². The molecule has 1 aliphatic rings. The summed E-state index contributed by atoms with van der Waals surface area (Å²) in [5, 5.41) is 3.79. The van der Waals surface area contributed by atoms with Gasteiger partial charge in [-0.05, 0) is 59.2 Å². The monoisotopic (exact) mass is 327 g/mol. The standard InChI is InChI=1S/C16H26BrNO/c1-11(14-9-10-15(17)19-14)18-13-8-6-5-7-12(13)16(2,3)4/h9-13,18H,5-8H2,1-4H3. The maximum Gasteiger partial charge on any atom is 0.169 e. The fourth-order valence-corrected chi connectivity index (χ4v) is 3.65. The number of rotatable bonds is 3. The van der Waals surface area contributed by atoms with E-state index >= 15 is 0 Å². The minimum atomic E-state index is 0.277. The molecule has 1 aliphatic carbocycles. The molecule has 1 saturated carbocycles. The Labute approximate surface area is 125 Å². The molecular formula is C16H26BrNO. The van der Waals surface area contributed by atoms with Crippen LogP contribution in [0.4, 0.5) is 0 Å². The highest BCUT2D eigenvalue weighted by Crippen LogP contribution is 2.39. The molecule has 1 heterocycles. The van der Waals surface area contributed by atoms with Crippen LogP contribution in [0, 0.1) is 11.3 Å². The van der Waals surface area contributed by atoms with Gasteiger partial charge < -0.3 is 9.73 Å². The second kappa shape index (κ2) is 6.01. The first-order valence-electron chi connectivity index (χ1n) is 7.39. The lowest BCUT2D eigenvalue weighted by molar-refractivity contribution is 0.122. The number of hydrogen-bond acceptors (Lipinski definition) is 2. The van der Waals surface area contributed by atoms with Crippen LogP contribution in [0.15, 0.2) is 21.2 Å². The quantitative estimate of drug-likeness (QED) is 0.815. The van der Waals surface area contributed by atoms with Crippen molar-refractivity contribution >= 4 is 15.9 Å². The van der Waals surface area contributed by atoms with Crippen molar-refractivity contribution in [2.24, 2.45) is 11.3 Å². The normalized spacial score (nSPS) is 26.4. The van der Waals surface area contributed by atoms with Crippen LogP contribution in [0.3, 0.4) is 0 Å². The fraction of sp³-hybridized carbons (Fsp3) is 0.750. The van der Waals surface area contributed by atoms with E-state index in [4.69, 9.17) is 4.42 Å². The summed E-state index contributed by atoms with van der Waals surface area (Å²) in [6, 6.07) is 4.90. The van der Waals surface area contributed by atoms with Crippen molar-refractivity contribution in [3.63, 3.8) is 0 Å². The van der Waals surface area contributed by atoms with Crippen LogP contribution < -0.4 is 5.32 Å². The third-order valence-corrected chi connectivity index (χ3v) is 4.79. The minimum absolute atomic E-state index is 0.277. The Hall–Kier alpha value is -0.280. The van der Waals surface area contributed by atoms with Gasteiger partial charge in [-0.2, -0.15) is 0 Å². The zero-order valence-electron chi connectivity index (χ0n) is 12.5. The van der Waals surface area contributed by atoms with Crippen molar-refractivity contribution in [1.29, 1.82) is 0 Å². The molecule has 2 nitrogen and oxygen atoms in total.